The van der Waals surface area contributed by atoms with Crippen LogP contribution in [0.15, 0.2) is 42.5 Å². The van der Waals surface area contributed by atoms with Gasteiger partial charge in [0.1, 0.15) is 0 Å². The van der Waals surface area contributed by atoms with Crippen molar-refractivity contribution in [2.75, 3.05) is 5.32 Å². The Hall–Kier alpha value is -2.09. The van der Waals surface area contributed by atoms with Crippen LogP contribution in [0.25, 0.3) is 0 Å². The van der Waals surface area contributed by atoms with E-state index in [4.69, 9.17) is 0 Å². The molecule has 0 saturated heterocycles. The van der Waals surface area contributed by atoms with Crippen LogP contribution in [0, 0.1) is 0 Å². The van der Waals surface area contributed by atoms with Gasteiger partial charge in [0.15, 0.2) is 0 Å². The van der Waals surface area contributed by atoms with Gasteiger partial charge >= 0.3 is 0 Å². The van der Waals surface area contributed by atoms with Gasteiger partial charge in [-0.25, -0.2) is 0 Å². The highest BCUT2D eigenvalue weighted by atomic mass is 16.1. The summed E-state index contributed by atoms with van der Waals surface area (Å²) in [6.07, 6.45) is 6.01. The summed E-state index contributed by atoms with van der Waals surface area (Å²) in [4.78, 5) is 12.4. The Bertz CT molecular complexity index is 738. The summed E-state index contributed by atoms with van der Waals surface area (Å²) in [6, 6.07) is 15.0. The molecule has 0 unspecified atom stereocenters. The normalized spacial score (nSPS) is 14.0. The molecule has 0 aromatic heterocycles. The molecule has 0 saturated carbocycles. The zero-order valence-electron chi connectivity index (χ0n) is 15.7. The smallest absolute Gasteiger partial charge is 0.224 e. The van der Waals surface area contributed by atoms with Gasteiger partial charge in [-0.1, -0.05) is 57.2 Å². The van der Waals surface area contributed by atoms with Crippen LogP contribution in [-0.4, -0.2) is 5.91 Å². The van der Waals surface area contributed by atoms with Gasteiger partial charge in [-0.2, -0.15) is 0 Å². The van der Waals surface area contributed by atoms with Crippen LogP contribution in [0.1, 0.15) is 62.3 Å². The maximum Gasteiger partial charge on any atom is 0.224 e. The lowest BCUT2D eigenvalue weighted by Crippen LogP contribution is -2.16. The monoisotopic (exact) mass is 335 g/mol. The van der Waals surface area contributed by atoms with E-state index in [9.17, 15) is 4.79 Å². The van der Waals surface area contributed by atoms with Gasteiger partial charge in [-0.05, 0) is 65.8 Å². The number of aryl methyl sites for hydroxylation is 2. The van der Waals surface area contributed by atoms with Crippen molar-refractivity contribution in [3.05, 3.63) is 64.7 Å². The molecule has 2 heteroatoms. The number of anilines is 1. The SMILES string of the molecule is CC(C)(C)c1ccc(CCC(=O)Nc2cccc3c2CCCC3)cc1. The summed E-state index contributed by atoms with van der Waals surface area (Å²) < 4.78 is 0. The Kier molecular flexibility index (Phi) is 5.27. The zero-order valence-corrected chi connectivity index (χ0v) is 15.7. The molecule has 0 aliphatic heterocycles. The van der Waals surface area contributed by atoms with Crippen molar-refractivity contribution in [1.29, 1.82) is 0 Å². The Balaban J connectivity index is 1.59. The Morgan fingerprint density at radius 1 is 1.00 bits per heavy atom. The van der Waals surface area contributed by atoms with Gasteiger partial charge in [0.2, 0.25) is 5.91 Å². The second kappa shape index (κ2) is 7.43. The minimum absolute atomic E-state index is 0.110. The summed E-state index contributed by atoms with van der Waals surface area (Å²) >= 11 is 0. The molecule has 0 spiro atoms. The molecule has 0 radical (unpaired) electrons. The molecule has 0 heterocycles. The third-order valence-electron chi connectivity index (χ3n) is 5.13. The summed E-state index contributed by atoms with van der Waals surface area (Å²) in [5.74, 6) is 0.110. The van der Waals surface area contributed by atoms with E-state index >= 15 is 0 Å². The first-order valence-electron chi connectivity index (χ1n) is 9.43. The largest absolute Gasteiger partial charge is 0.326 e. The second-order valence-corrected chi connectivity index (χ2v) is 8.15. The van der Waals surface area contributed by atoms with Gasteiger partial charge in [0.05, 0.1) is 0 Å². The average molecular weight is 335 g/mol. The number of nitrogens with one attached hydrogen (secondary N) is 1. The van der Waals surface area contributed by atoms with Crippen LogP contribution in [-0.2, 0) is 29.5 Å². The molecule has 2 aromatic rings. The van der Waals surface area contributed by atoms with E-state index in [1.165, 1.54) is 35.1 Å². The lowest BCUT2D eigenvalue weighted by Gasteiger charge is -2.20. The highest BCUT2D eigenvalue weighted by Gasteiger charge is 2.15. The predicted molar refractivity (Wildman–Crippen MR) is 105 cm³/mol. The summed E-state index contributed by atoms with van der Waals surface area (Å²) in [6.45, 7) is 6.65. The van der Waals surface area contributed by atoms with Crippen LogP contribution >= 0.6 is 0 Å². The minimum Gasteiger partial charge on any atom is -0.326 e. The quantitative estimate of drug-likeness (QED) is 0.792. The third kappa shape index (κ3) is 4.50. The fourth-order valence-corrected chi connectivity index (χ4v) is 3.54. The van der Waals surface area contributed by atoms with Crippen LogP contribution < -0.4 is 5.32 Å². The number of hydrogen-bond acceptors (Lipinski definition) is 1. The van der Waals surface area contributed by atoms with Gasteiger partial charge in [0, 0.05) is 12.1 Å². The van der Waals surface area contributed by atoms with Crippen molar-refractivity contribution in [2.45, 2.75) is 64.7 Å². The van der Waals surface area contributed by atoms with Crippen molar-refractivity contribution in [2.24, 2.45) is 0 Å². The average Bonchev–Trinajstić information content (AvgIpc) is 2.60. The fourth-order valence-electron chi connectivity index (χ4n) is 3.54. The first-order chi connectivity index (χ1) is 11.9. The van der Waals surface area contributed by atoms with Gasteiger partial charge in [0.25, 0.3) is 0 Å². The van der Waals surface area contributed by atoms with Crippen molar-refractivity contribution in [1.82, 2.24) is 0 Å². The standard InChI is InChI=1S/C23H29NO/c1-23(2,3)19-14-11-17(12-15-19)13-16-22(25)24-21-10-6-8-18-7-4-5-9-20(18)21/h6,8,10-12,14-15H,4-5,7,9,13,16H2,1-3H3,(H,24,25). The fraction of sp³-hybridized carbons (Fsp3) is 0.435. The lowest BCUT2D eigenvalue weighted by atomic mass is 9.86. The third-order valence-corrected chi connectivity index (χ3v) is 5.13. The number of amides is 1. The molecular weight excluding hydrogens is 306 g/mol. The topological polar surface area (TPSA) is 29.1 Å². The molecule has 132 valence electrons. The van der Waals surface area contributed by atoms with E-state index < -0.39 is 0 Å². The number of rotatable bonds is 4. The van der Waals surface area contributed by atoms with E-state index in [-0.39, 0.29) is 11.3 Å². The van der Waals surface area contributed by atoms with Crippen molar-refractivity contribution < 1.29 is 4.79 Å². The van der Waals surface area contributed by atoms with E-state index in [0.29, 0.717) is 6.42 Å². The number of fused-ring (bicyclic) bond motifs is 1. The number of carbonyl (C=O) groups excluding carboxylic acids is 1. The summed E-state index contributed by atoms with van der Waals surface area (Å²) in [5.41, 5.74) is 6.49. The van der Waals surface area contributed by atoms with E-state index in [1.807, 2.05) is 6.07 Å². The molecule has 0 bridgehead atoms. The molecule has 0 atom stereocenters. The van der Waals surface area contributed by atoms with Gasteiger partial charge in [-0.3, -0.25) is 4.79 Å². The summed E-state index contributed by atoms with van der Waals surface area (Å²) in [7, 11) is 0. The Morgan fingerprint density at radius 2 is 1.72 bits per heavy atom. The number of carbonyl (C=O) groups is 1. The van der Waals surface area contributed by atoms with Gasteiger partial charge < -0.3 is 5.32 Å². The van der Waals surface area contributed by atoms with E-state index in [1.54, 1.807) is 0 Å². The first kappa shape index (κ1) is 17.7. The van der Waals surface area contributed by atoms with Crippen molar-refractivity contribution >= 4 is 11.6 Å². The van der Waals surface area contributed by atoms with E-state index in [0.717, 1.165) is 24.9 Å². The first-order valence-corrected chi connectivity index (χ1v) is 9.43. The van der Waals surface area contributed by atoms with Crippen LogP contribution in [0.4, 0.5) is 5.69 Å². The Labute approximate surface area is 151 Å². The predicted octanol–water partition coefficient (Wildman–Crippen LogP) is 5.43. The lowest BCUT2D eigenvalue weighted by molar-refractivity contribution is -0.116. The number of benzene rings is 2. The van der Waals surface area contributed by atoms with Crippen LogP contribution in [0.5, 0.6) is 0 Å². The maximum atomic E-state index is 12.4. The molecule has 1 aliphatic carbocycles. The molecular formula is C23H29NO. The molecule has 1 aliphatic rings. The molecule has 3 rings (SSSR count). The van der Waals surface area contributed by atoms with Crippen molar-refractivity contribution in [3.63, 3.8) is 0 Å². The van der Waals surface area contributed by atoms with E-state index in [2.05, 4.69) is 62.5 Å². The molecule has 2 nitrogen and oxygen atoms in total. The molecule has 1 N–H and O–H groups in total. The highest BCUT2D eigenvalue weighted by molar-refractivity contribution is 5.91. The molecule has 2 aromatic carbocycles. The summed E-state index contributed by atoms with van der Waals surface area (Å²) in [5, 5.41) is 3.14. The maximum absolute atomic E-state index is 12.4. The highest BCUT2D eigenvalue weighted by Crippen LogP contribution is 2.28. The zero-order chi connectivity index (χ0) is 17.9. The molecule has 1 amide bonds. The molecule has 0 fully saturated rings. The minimum atomic E-state index is 0.110. The van der Waals surface area contributed by atoms with Crippen LogP contribution in [0.3, 0.4) is 0 Å². The van der Waals surface area contributed by atoms with Crippen LogP contribution in [0.2, 0.25) is 0 Å². The van der Waals surface area contributed by atoms with Crippen molar-refractivity contribution in [3.8, 4) is 0 Å². The second-order valence-electron chi connectivity index (χ2n) is 8.15. The Morgan fingerprint density at radius 3 is 2.44 bits per heavy atom. The molecule has 25 heavy (non-hydrogen) atoms. The number of hydrogen-bond donors (Lipinski definition) is 1. The van der Waals surface area contributed by atoms with Gasteiger partial charge in [-0.15, -0.1) is 0 Å².